The number of esters is 7. The van der Waals surface area contributed by atoms with Crippen molar-refractivity contribution < 1.29 is 101 Å². The fourth-order valence-corrected chi connectivity index (χ4v) is 14.4. The summed E-state index contributed by atoms with van der Waals surface area (Å²) in [4.78, 5) is 150. The van der Waals surface area contributed by atoms with Gasteiger partial charge < -0.3 is 38.9 Å². The molecule has 3 aromatic carbocycles. The van der Waals surface area contributed by atoms with Crippen molar-refractivity contribution in [2.45, 2.75) is 198 Å². The van der Waals surface area contributed by atoms with Gasteiger partial charge in [-0.25, -0.2) is 14.4 Å². The van der Waals surface area contributed by atoms with Gasteiger partial charge in [0.15, 0.2) is 0 Å². The van der Waals surface area contributed by atoms with Gasteiger partial charge in [0.1, 0.15) is 17.5 Å². The average molecular weight is 1510 g/mol. The smallest absolute Gasteiger partial charge is 0.331 e. The molecule has 2 unspecified atom stereocenters. The summed E-state index contributed by atoms with van der Waals surface area (Å²) in [5, 5.41) is 55.5. The lowest BCUT2D eigenvalue weighted by molar-refractivity contribution is -0.569. The van der Waals surface area contributed by atoms with E-state index in [9.17, 15) is 93.7 Å². The van der Waals surface area contributed by atoms with Crippen LogP contribution < -0.4 is 21.6 Å². The molecular weight excluding hydrogens is 1410 g/mol. The van der Waals surface area contributed by atoms with E-state index in [0.717, 1.165) is 53.2 Å². The molecule has 0 heterocycles. The van der Waals surface area contributed by atoms with Crippen LogP contribution >= 0.6 is 6.89 Å². The first-order valence-electron chi connectivity index (χ1n) is 34.0. The van der Waals surface area contributed by atoms with Gasteiger partial charge in [0.25, 0.3) is 0 Å². The summed E-state index contributed by atoms with van der Waals surface area (Å²) in [5.41, 5.74) is 2.76. The maximum absolute atomic E-state index is 12.3. The zero-order valence-electron chi connectivity index (χ0n) is 63.0. The standard InChI is InChI=1S/C21H19O2P.C10H17NO6.C10H15NO4.C10H19NO2.C9H13NO5.C7H11NO3.C4H6O2.C2H5NO2/c1-23-21(22)17-24(18-11-5-2-6-12-18,19-13-7-3-8-14-19)20-15-9-4-10-16-20;1-10(11(14)15,6-4-8(12)16-2)7-5-9(13)17-3;1-10(11(13)14)5-3-8(4-6-10)7-9(12)15-2;1-10(11)5-3-8(4-6-10)7-9(12)13-2;1-9(10(13)14)4-3-7(11)6(5-9)8(12)15-2;1-7(8(10)11)4-2-6(9)3-5-7;1-3-4(5)6-2;1-2-3(4)5/h2-17H,1H3;4-7H2,1-3H3;7H,3-6H2,1-2H3;8H,3-7,11H2,1-2H3;6H,3-5H2,1-2H3;2-5H2,1H3;3H,1H2,2H3;2H2,1H3. The number of nitrogens with two attached hydrogens (primary N) is 1. The van der Waals surface area contributed by atoms with Crippen LogP contribution in [0.25, 0.3) is 0 Å². The normalized spacial score (nSPS) is 19.6. The first kappa shape index (κ1) is 96.0. The number of Topliss-reactive ketones (excluding diaryl/α,β-unsaturated/α-hetero) is 2. The Bertz CT molecular complexity index is 3350. The fraction of sp³-hybridized carbons (Fsp3) is 0.562. The van der Waals surface area contributed by atoms with E-state index in [-0.39, 0.29) is 101 Å². The molecule has 4 fully saturated rings. The van der Waals surface area contributed by atoms with Crippen molar-refractivity contribution in [3.8, 4) is 0 Å². The van der Waals surface area contributed by atoms with Gasteiger partial charge in [-0.05, 0) is 74.2 Å². The molecule has 0 radical (unpaired) electrons. The Hall–Kier alpha value is -9.97. The number of rotatable bonds is 20. The molecule has 2 N–H and O–H groups in total. The van der Waals surface area contributed by atoms with Crippen molar-refractivity contribution in [1.29, 1.82) is 0 Å². The van der Waals surface area contributed by atoms with Gasteiger partial charge in [0, 0.05) is 160 Å². The highest BCUT2D eigenvalue weighted by molar-refractivity contribution is 7.95. The van der Waals surface area contributed by atoms with E-state index >= 15 is 0 Å². The lowest BCUT2D eigenvalue weighted by atomic mass is 9.76. The molecule has 2 atom stereocenters. The van der Waals surface area contributed by atoms with Gasteiger partial charge >= 0.3 is 41.8 Å². The van der Waals surface area contributed by atoms with Crippen LogP contribution in [0.1, 0.15) is 170 Å². The molecule has 0 amide bonds. The number of ether oxygens (including phenoxy) is 7. The zero-order chi connectivity index (χ0) is 81.1. The Balaban J connectivity index is 0.00000123. The van der Waals surface area contributed by atoms with Crippen molar-refractivity contribution in [3.05, 3.63) is 166 Å². The largest absolute Gasteiger partial charge is 0.469 e. The Labute approximate surface area is 617 Å². The molecule has 0 saturated heterocycles. The van der Waals surface area contributed by atoms with Gasteiger partial charge in [0.2, 0.25) is 28.7 Å². The third-order valence-electron chi connectivity index (χ3n) is 18.3. The maximum atomic E-state index is 12.3. The van der Waals surface area contributed by atoms with Crippen molar-refractivity contribution in [2.75, 3.05) is 56.3 Å². The van der Waals surface area contributed by atoms with Gasteiger partial charge in [0.05, 0.1) is 62.6 Å². The first-order chi connectivity index (χ1) is 49.7. The molecule has 33 heteroatoms. The number of allylic oxidation sites excluding steroid dienone is 1. The van der Waals surface area contributed by atoms with Gasteiger partial charge in [-0.3, -0.25) is 79.3 Å². The Morgan fingerprint density at radius 3 is 1.22 bits per heavy atom. The highest BCUT2D eigenvalue weighted by atomic mass is 31.2. The summed E-state index contributed by atoms with van der Waals surface area (Å²) in [5.74, 6) is -1.67. The van der Waals surface area contributed by atoms with Crippen LogP contribution in [0.5, 0.6) is 0 Å². The van der Waals surface area contributed by atoms with Crippen molar-refractivity contribution in [2.24, 2.45) is 17.6 Å². The number of nitro groups is 5. The minimum Gasteiger partial charge on any atom is -0.469 e. The molecule has 0 aliphatic heterocycles. The van der Waals surface area contributed by atoms with E-state index in [1.165, 1.54) is 76.6 Å². The minimum atomic E-state index is -2.23. The molecule has 0 spiro atoms. The monoisotopic (exact) mass is 1510 g/mol. The van der Waals surface area contributed by atoms with Crippen LogP contribution in [0.15, 0.2) is 115 Å². The lowest BCUT2D eigenvalue weighted by Gasteiger charge is -2.33. The number of methoxy groups -OCH3 is 7. The second-order valence-electron chi connectivity index (χ2n) is 26.4. The summed E-state index contributed by atoms with van der Waals surface area (Å²) in [6.07, 6.45) is 11.2. The number of benzene rings is 3. The third-order valence-corrected chi connectivity index (χ3v) is 22.2. The molecule has 4 saturated carbocycles. The average Bonchev–Trinajstić information content (AvgIpc) is 0.750. The van der Waals surface area contributed by atoms with Gasteiger partial charge in [-0.2, -0.15) is 0 Å². The summed E-state index contributed by atoms with van der Waals surface area (Å²) >= 11 is 0. The second-order valence-corrected chi connectivity index (χ2v) is 29.7. The molecule has 588 valence electrons. The van der Waals surface area contributed by atoms with E-state index in [1.807, 2.05) is 54.6 Å². The van der Waals surface area contributed by atoms with Crippen molar-refractivity contribution >= 4 is 81.9 Å². The molecule has 0 bridgehead atoms. The Kier molecular flexibility index (Phi) is 43.7. The molecule has 7 rings (SSSR count). The number of carbonyl (C=O) groups is 9. The van der Waals surface area contributed by atoms with Crippen LogP contribution in [-0.2, 0) is 76.3 Å². The van der Waals surface area contributed by atoms with Gasteiger partial charge in [-0.1, -0.05) is 103 Å². The van der Waals surface area contributed by atoms with Crippen LogP contribution in [0.2, 0.25) is 0 Å². The predicted octanol–water partition coefficient (Wildman–Crippen LogP) is 9.39. The SMILES string of the molecule is C=CC(=O)OC.CC1([N+](=O)[O-])CCC(=O)CC1.CC[N+](=O)[O-].COC(=O)C1CC(C)([N+](=O)[O-])CCC1=O.COC(=O)C=C1CCC(C)([N+](=O)[O-])CC1.COC(=O)C=P(c1ccccc1)(c1ccccc1)c1ccccc1.COC(=O)CC1CCC(C)(N)CC1.COC(=O)CCC(C)(CCC(=O)OC)[N+](=O)[O-]. The topological polar surface area (TPSA) is 460 Å². The summed E-state index contributed by atoms with van der Waals surface area (Å²) in [7, 11) is 9.12. The summed E-state index contributed by atoms with van der Waals surface area (Å²) < 4.78 is 31.6. The van der Waals surface area contributed by atoms with E-state index in [0.29, 0.717) is 63.7 Å². The minimum absolute atomic E-state index is 0.00732. The highest BCUT2D eigenvalue weighted by Crippen LogP contribution is 2.44. The zero-order valence-corrected chi connectivity index (χ0v) is 63.9. The third kappa shape index (κ3) is 34.3. The molecular formula is C73H105N6O26P. The molecule has 0 aromatic heterocycles. The predicted molar refractivity (Wildman–Crippen MR) is 395 cm³/mol. The van der Waals surface area contributed by atoms with Crippen LogP contribution in [-0.4, -0.2) is 168 Å². The summed E-state index contributed by atoms with van der Waals surface area (Å²) in [6, 6.07) is 30.6. The molecule has 106 heavy (non-hydrogen) atoms. The highest BCUT2D eigenvalue weighted by Gasteiger charge is 2.49. The Morgan fingerprint density at radius 1 is 0.538 bits per heavy atom. The van der Waals surface area contributed by atoms with E-state index in [2.05, 4.69) is 78.3 Å². The van der Waals surface area contributed by atoms with Crippen LogP contribution in [0, 0.1) is 62.4 Å². The molecule has 32 nitrogen and oxygen atoms in total. The van der Waals surface area contributed by atoms with E-state index in [4.69, 9.17) is 10.5 Å². The molecule has 4 aliphatic rings. The fourth-order valence-electron chi connectivity index (χ4n) is 10.7. The maximum Gasteiger partial charge on any atom is 0.331 e. The molecule has 3 aromatic rings. The number of carbonyl (C=O) groups excluding carboxylic acids is 9. The Morgan fingerprint density at radius 2 is 0.906 bits per heavy atom. The lowest BCUT2D eigenvalue weighted by Crippen LogP contribution is -2.45. The van der Waals surface area contributed by atoms with Crippen molar-refractivity contribution in [3.63, 3.8) is 0 Å². The van der Waals surface area contributed by atoms with Crippen LogP contribution in [0.3, 0.4) is 0 Å². The molecule has 4 aliphatic carbocycles. The van der Waals surface area contributed by atoms with E-state index < -0.39 is 68.7 Å². The number of ketones is 2. The van der Waals surface area contributed by atoms with Crippen LogP contribution in [0.4, 0.5) is 0 Å². The quantitative estimate of drug-likeness (QED) is 0.0209. The van der Waals surface area contributed by atoms with Crippen molar-refractivity contribution in [1.82, 2.24) is 0 Å². The first-order valence-corrected chi connectivity index (χ1v) is 35.8. The summed E-state index contributed by atoms with van der Waals surface area (Å²) in [6.45, 7) is 10.7. The number of hydrogen-bond acceptors (Lipinski definition) is 27. The second kappa shape index (κ2) is 48.2. The van der Waals surface area contributed by atoms with Gasteiger partial charge in [-0.15, -0.1) is 0 Å². The van der Waals surface area contributed by atoms with E-state index in [1.54, 1.807) is 19.6 Å². The number of hydrogen-bond donors (Lipinski definition) is 1. The number of nitrogens with zero attached hydrogens (tertiary/aromatic N) is 5.